The second-order valence-corrected chi connectivity index (χ2v) is 11.5. The van der Waals surface area contributed by atoms with Gasteiger partial charge in [0, 0.05) is 34.5 Å². The molecular formula is C31H28N2O4S. The van der Waals surface area contributed by atoms with Gasteiger partial charge in [0.25, 0.3) is 0 Å². The lowest BCUT2D eigenvalue weighted by atomic mass is 9.86. The Kier molecular flexibility index (Phi) is 5.93. The van der Waals surface area contributed by atoms with Gasteiger partial charge in [-0.05, 0) is 92.2 Å². The second kappa shape index (κ2) is 9.19. The smallest absolute Gasteiger partial charge is 0.337 e. The van der Waals surface area contributed by atoms with Gasteiger partial charge in [-0.15, -0.1) is 11.3 Å². The quantitative estimate of drug-likeness (QED) is 0.259. The maximum absolute atomic E-state index is 12.7. The minimum absolute atomic E-state index is 0.616. The van der Waals surface area contributed by atoms with Crippen LogP contribution >= 0.6 is 11.3 Å². The highest BCUT2D eigenvalue weighted by Crippen LogP contribution is 2.45. The number of rotatable bonds is 5. The molecule has 0 bridgehead atoms. The summed E-state index contributed by atoms with van der Waals surface area (Å²) in [7, 11) is 0. The van der Waals surface area contributed by atoms with Gasteiger partial charge in [-0.3, -0.25) is 4.98 Å². The van der Waals surface area contributed by atoms with Gasteiger partial charge in [-0.1, -0.05) is 6.07 Å². The number of ether oxygens (including phenoxy) is 2. The van der Waals surface area contributed by atoms with E-state index < -0.39 is 17.7 Å². The Labute approximate surface area is 224 Å². The largest absolute Gasteiger partial charge is 0.493 e. The minimum atomic E-state index is -1.17. The van der Waals surface area contributed by atoms with Gasteiger partial charge in [-0.25, -0.2) is 9.78 Å². The molecule has 6 nitrogen and oxygen atoms in total. The normalized spacial score (nSPS) is 14.0. The third-order valence-electron chi connectivity index (χ3n) is 6.81. The summed E-state index contributed by atoms with van der Waals surface area (Å²) < 4.78 is 12.2. The molecule has 1 unspecified atom stereocenters. The molecule has 7 heteroatoms. The Morgan fingerprint density at radius 1 is 1.16 bits per heavy atom. The van der Waals surface area contributed by atoms with Crippen molar-refractivity contribution in [3.63, 3.8) is 0 Å². The molecule has 1 aliphatic rings. The molecule has 38 heavy (non-hydrogen) atoms. The molecule has 0 radical (unpaired) electrons. The average Bonchev–Trinajstić information content (AvgIpc) is 3.42. The first-order valence-corrected chi connectivity index (χ1v) is 13.5. The molecule has 6 rings (SSSR count). The topological polar surface area (TPSA) is 81.5 Å². The van der Waals surface area contributed by atoms with E-state index in [0.717, 1.165) is 61.2 Å². The molecule has 0 fully saturated rings. The molecule has 5 aromatic rings. The van der Waals surface area contributed by atoms with Crippen LogP contribution in [0, 0.1) is 6.92 Å². The van der Waals surface area contributed by atoms with Gasteiger partial charge in [0.2, 0.25) is 0 Å². The predicted octanol–water partition coefficient (Wildman–Crippen LogP) is 7.36. The lowest BCUT2D eigenvalue weighted by Gasteiger charge is -2.29. The molecule has 0 saturated carbocycles. The summed E-state index contributed by atoms with van der Waals surface area (Å²) in [4.78, 5) is 23.6. The van der Waals surface area contributed by atoms with Crippen LogP contribution in [-0.4, -0.2) is 33.3 Å². The highest BCUT2D eigenvalue weighted by molar-refractivity contribution is 7.13. The van der Waals surface area contributed by atoms with Gasteiger partial charge in [0.1, 0.15) is 5.75 Å². The van der Waals surface area contributed by atoms with Crippen molar-refractivity contribution in [1.82, 2.24) is 9.97 Å². The van der Waals surface area contributed by atoms with E-state index in [2.05, 4.69) is 6.07 Å². The zero-order valence-corrected chi connectivity index (χ0v) is 22.6. The van der Waals surface area contributed by atoms with E-state index in [1.165, 1.54) is 5.56 Å². The number of aromatic nitrogens is 2. The van der Waals surface area contributed by atoms with Crippen molar-refractivity contribution in [3.05, 3.63) is 76.8 Å². The number of nitrogens with zero attached hydrogens (tertiary/aromatic N) is 2. The molecule has 0 saturated heterocycles. The second-order valence-electron chi connectivity index (χ2n) is 10.6. The molecule has 192 valence electrons. The SMILES string of the molecule is Cc1cc2nc(-c3cccs3)ccc2c(-c2ccc3c4c(ccnc24)CCO3)c1C(OC(C)(C)C)C(=O)O. The standard InChI is InChI=1S/C31H28N2O4S/c1-17-16-22-19(7-9-21(33-22)24-6-5-15-38-24)27(25(17)29(30(34)35)37-31(2,3)4)20-8-10-23-26-18(12-14-36-23)11-13-32-28(20)26/h5-11,13,15-16,29H,12,14H2,1-4H3,(H,34,35). The van der Waals surface area contributed by atoms with Crippen molar-refractivity contribution >= 4 is 39.1 Å². The number of benzene rings is 2. The van der Waals surface area contributed by atoms with Crippen molar-refractivity contribution in [2.75, 3.05) is 6.61 Å². The molecule has 1 N–H and O–H groups in total. The summed E-state index contributed by atoms with van der Waals surface area (Å²) >= 11 is 1.64. The number of hydrogen-bond acceptors (Lipinski definition) is 6. The molecule has 0 aliphatic carbocycles. The van der Waals surface area contributed by atoms with Crippen LogP contribution in [0.2, 0.25) is 0 Å². The molecule has 1 atom stereocenters. The van der Waals surface area contributed by atoms with E-state index in [-0.39, 0.29) is 0 Å². The summed E-state index contributed by atoms with van der Waals surface area (Å²) in [6, 6.07) is 16.1. The fraction of sp³-hybridized carbons (Fsp3) is 0.258. The number of thiophene rings is 1. The van der Waals surface area contributed by atoms with Crippen molar-refractivity contribution in [2.24, 2.45) is 0 Å². The average molecular weight is 525 g/mol. The molecular weight excluding hydrogens is 496 g/mol. The maximum Gasteiger partial charge on any atom is 0.337 e. The van der Waals surface area contributed by atoms with E-state index in [4.69, 9.17) is 19.4 Å². The first kappa shape index (κ1) is 24.5. The molecule has 0 spiro atoms. The van der Waals surface area contributed by atoms with Crippen molar-refractivity contribution in [3.8, 4) is 27.4 Å². The number of aryl methyl sites for hydroxylation is 1. The van der Waals surface area contributed by atoms with Crippen LogP contribution in [0.5, 0.6) is 5.75 Å². The molecule has 1 aliphatic heterocycles. The van der Waals surface area contributed by atoms with Gasteiger partial charge in [0.05, 0.1) is 33.8 Å². The van der Waals surface area contributed by atoms with Crippen LogP contribution in [-0.2, 0) is 16.0 Å². The number of pyridine rings is 2. The summed E-state index contributed by atoms with van der Waals surface area (Å²) in [6.07, 6.45) is 1.45. The third-order valence-corrected chi connectivity index (χ3v) is 7.70. The van der Waals surface area contributed by atoms with Crippen molar-refractivity contribution < 1.29 is 19.4 Å². The third kappa shape index (κ3) is 4.22. The lowest BCUT2D eigenvalue weighted by molar-refractivity contribution is -0.160. The molecule has 0 amide bonds. The Balaban J connectivity index is 1.71. The highest BCUT2D eigenvalue weighted by Gasteiger charge is 2.33. The zero-order chi connectivity index (χ0) is 26.6. The van der Waals surface area contributed by atoms with Crippen LogP contribution in [0.1, 0.15) is 43.6 Å². The first-order valence-electron chi connectivity index (χ1n) is 12.6. The highest BCUT2D eigenvalue weighted by atomic mass is 32.1. The summed E-state index contributed by atoms with van der Waals surface area (Å²) in [6.45, 7) is 8.17. The lowest BCUT2D eigenvalue weighted by Crippen LogP contribution is -2.28. The Morgan fingerprint density at radius 2 is 2.00 bits per heavy atom. The fourth-order valence-electron chi connectivity index (χ4n) is 5.30. The van der Waals surface area contributed by atoms with Crippen LogP contribution in [0.25, 0.3) is 43.5 Å². The number of fused-ring (bicyclic) bond motifs is 1. The molecule has 4 heterocycles. The Morgan fingerprint density at radius 3 is 2.74 bits per heavy atom. The van der Waals surface area contributed by atoms with E-state index in [1.54, 1.807) is 11.3 Å². The van der Waals surface area contributed by atoms with E-state index >= 15 is 0 Å². The van der Waals surface area contributed by atoms with E-state index in [9.17, 15) is 9.90 Å². The van der Waals surface area contributed by atoms with Crippen molar-refractivity contribution in [2.45, 2.75) is 45.8 Å². The van der Waals surface area contributed by atoms with Gasteiger partial charge in [0.15, 0.2) is 6.10 Å². The molecule has 2 aromatic carbocycles. The van der Waals surface area contributed by atoms with E-state index in [1.807, 2.05) is 81.7 Å². The van der Waals surface area contributed by atoms with Crippen LogP contribution in [0.4, 0.5) is 0 Å². The monoisotopic (exact) mass is 524 g/mol. The van der Waals surface area contributed by atoms with Gasteiger partial charge >= 0.3 is 5.97 Å². The Hall–Kier alpha value is -3.81. The van der Waals surface area contributed by atoms with Crippen LogP contribution < -0.4 is 4.74 Å². The fourth-order valence-corrected chi connectivity index (χ4v) is 6.00. The molecule has 3 aromatic heterocycles. The number of carbonyl (C=O) groups is 1. The predicted molar refractivity (Wildman–Crippen MR) is 151 cm³/mol. The van der Waals surface area contributed by atoms with E-state index in [0.29, 0.717) is 12.2 Å². The summed E-state index contributed by atoms with van der Waals surface area (Å²) in [5.74, 6) is -0.235. The summed E-state index contributed by atoms with van der Waals surface area (Å²) in [5.41, 5.74) is 6.01. The number of hydrogen-bond donors (Lipinski definition) is 1. The van der Waals surface area contributed by atoms with Crippen molar-refractivity contribution in [1.29, 1.82) is 0 Å². The maximum atomic E-state index is 12.7. The summed E-state index contributed by atoms with van der Waals surface area (Å²) in [5, 5.41) is 14.3. The Bertz CT molecular complexity index is 1690. The van der Waals surface area contributed by atoms with Crippen LogP contribution in [0.15, 0.2) is 60.1 Å². The van der Waals surface area contributed by atoms with Gasteiger partial charge < -0.3 is 14.6 Å². The number of aliphatic carboxylic acids is 1. The van der Waals surface area contributed by atoms with Crippen LogP contribution in [0.3, 0.4) is 0 Å². The zero-order valence-electron chi connectivity index (χ0n) is 21.7. The number of carboxylic acids is 1. The minimum Gasteiger partial charge on any atom is -0.493 e. The first-order chi connectivity index (χ1) is 18.2. The number of carboxylic acid groups (broad SMARTS) is 1. The van der Waals surface area contributed by atoms with Gasteiger partial charge in [-0.2, -0.15) is 0 Å².